The van der Waals surface area contributed by atoms with Gasteiger partial charge in [0.25, 0.3) is 0 Å². The molecule has 2 nitrogen and oxygen atoms in total. The molecule has 0 saturated carbocycles. The highest BCUT2D eigenvalue weighted by atomic mass is 16.1. The third-order valence-corrected chi connectivity index (χ3v) is 2.87. The van der Waals surface area contributed by atoms with Crippen molar-refractivity contribution in [1.82, 2.24) is 4.90 Å². The number of hydrogen-bond donors (Lipinski definition) is 0. The highest BCUT2D eigenvalue weighted by molar-refractivity contribution is 5.80. The van der Waals surface area contributed by atoms with Crippen LogP contribution in [0.3, 0.4) is 0 Å². The van der Waals surface area contributed by atoms with Gasteiger partial charge in [0, 0.05) is 19.0 Å². The number of nitrogens with zero attached hydrogens (tertiary/aromatic N) is 1. The maximum atomic E-state index is 11.7. The average Bonchev–Trinajstić information content (AvgIpc) is 2.29. The van der Waals surface area contributed by atoms with E-state index in [1.54, 1.807) is 0 Å². The lowest BCUT2D eigenvalue weighted by Crippen LogP contribution is -2.35. The van der Waals surface area contributed by atoms with Crippen molar-refractivity contribution in [3.63, 3.8) is 0 Å². The van der Waals surface area contributed by atoms with Gasteiger partial charge in [-0.1, -0.05) is 37.3 Å². The number of rotatable bonds is 7. The van der Waals surface area contributed by atoms with Crippen LogP contribution in [0, 0.1) is 0 Å². The molecule has 94 valence electrons. The van der Waals surface area contributed by atoms with Crippen molar-refractivity contribution >= 4 is 5.78 Å². The summed E-state index contributed by atoms with van der Waals surface area (Å²) in [4.78, 5) is 13.9. The van der Waals surface area contributed by atoms with E-state index in [4.69, 9.17) is 0 Å². The summed E-state index contributed by atoms with van der Waals surface area (Å²) in [6.45, 7) is 7.76. The van der Waals surface area contributed by atoms with E-state index in [0.717, 1.165) is 13.0 Å². The van der Waals surface area contributed by atoms with Gasteiger partial charge in [-0.2, -0.15) is 0 Å². The van der Waals surface area contributed by atoms with Crippen molar-refractivity contribution in [1.29, 1.82) is 0 Å². The number of Topliss-reactive ketones (excluding diaryl/α,β-unsaturated/α-hetero) is 1. The molecule has 0 heterocycles. The predicted molar refractivity (Wildman–Crippen MR) is 71.9 cm³/mol. The summed E-state index contributed by atoms with van der Waals surface area (Å²) in [5, 5.41) is 0. The summed E-state index contributed by atoms with van der Waals surface area (Å²) in [6.07, 6.45) is 1.63. The van der Waals surface area contributed by atoms with Gasteiger partial charge in [-0.25, -0.2) is 0 Å². The summed E-state index contributed by atoms with van der Waals surface area (Å²) in [5.41, 5.74) is 1.27. The Morgan fingerprint density at radius 2 is 1.88 bits per heavy atom. The minimum absolute atomic E-state index is 0.345. The van der Waals surface area contributed by atoms with Gasteiger partial charge in [0.1, 0.15) is 5.78 Å². The molecule has 0 radical (unpaired) electrons. The van der Waals surface area contributed by atoms with Crippen molar-refractivity contribution in [3.8, 4) is 0 Å². The minimum Gasteiger partial charge on any atom is -0.298 e. The van der Waals surface area contributed by atoms with Crippen LogP contribution in [0.25, 0.3) is 0 Å². The normalized spacial score (nSPS) is 11.1. The second-order valence-corrected chi connectivity index (χ2v) is 4.77. The fourth-order valence-electron chi connectivity index (χ4n) is 1.82. The van der Waals surface area contributed by atoms with Crippen molar-refractivity contribution in [3.05, 3.63) is 35.9 Å². The van der Waals surface area contributed by atoms with E-state index in [1.807, 2.05) is 18.2 Å². The molecule has 0 amide bonds. The topological polar surface area (TPSA) is 20.3 Å². The molecule has 2 heteroatoms. The molecule has 1 rings (SSSR count). The van der Waals surface area contributed by atoms with Crippen molar-refractivity contribution in [2.75, 3.05) is 6.54 Å². The van der Waals surface area contributed by atoms with Gasteiger partial charge in [-0.3, -0.25) is 9.69 Å². The molecular formula is C15H23NO. The van der Waals surface area contributed by atoms with Gasteiger partial charge < -0.3 is 0 Å². The Balaban J connectivity index is 2.58. The van der Waals surface area contributed by atoms with Crippen LogP contribution in [0.4, 0.5) is 0 Å². The molecule has 0 N–H and O–H groups in total. The van der Waals surface area contributed by atoms with Crippen LogP contribution in [-0.4, -0.2) is 23.3 Å². The van der Waals surface area contributed by atoms with E-state index < -0.39 is 0 Å². The van der Waals surface area contributed by atoms with E-state index in [0.29, 0.717) is 24.8 Å². The van der Waals surface area contributed by atoms with Crippen LogP contribution in [0.5, 0.6) is 0 Å². The van der Waals surface area contributed by atoms with Gasteiger partial charge in [-0.05, 0) is 25.8 Å². The van der Waals surface area contributed by atoms with Crippen molar-refractivity contribution in [2.24, 2.45) is 0 Å². The number of benzene rings is 1. The third kappa shape index (κ3) is 5.14. The molecule has 0 atom stereocenters. The van der Waals surface area contributed by atoms with Crippen LogP contribution >= 0.6 is 0 Å². The SMILES string of the molecule is CCCC(=O)CN(Cc1ccccc1)C(C)C. The molecule has 1 aromatic carbocycles. The molecule has 0 unspecified atom stereocenters. The maximum Gasteiger partial charge on any atom is 0.146 e. The van der Waals surface area contributed by atoms with Crippen LogP contribution in [-0.2, 0) is 11.3 Å². The molecule has 0 aliphatic rings. The smallest absolute Gasteiger partial charge is 0.146 e. The highest BCUT2D eigenvalue weighted by Gasteiger charge is 2.13. The summed E-state index contributed by atoms with van der Waals surface area (Å²) >= 11 is 0. The fraction of sp³-hybridized carbons (Fsp3) is 0.533. The van der Waals surface area contributed by atoms with Gasteiger partial charge in [0.2, 0.25) is 0 Å². The Kier molecular flexibility index (Phi) is 5.92. The predicted octanol–water partition coefficient (Wildman–Crippen LogP) is 3.27. The second-order valence-electron chi connectivity index (χ2n) is 4.77. The molecule has 0 aliphatic carbocycles. The van der Waals surface area contributed by atoms with Crippen LogP contribution in [0.15, 0.2) is 30.3 Å². The molecule has 0 aromatic heterocycles. The van der Waals surface area contributed by atoms with Crippen LogP contribution in [0.2, 0.25) is 0 Å². The number of carbonyl (C=O) groups excluding carboxylic acids is 1. The number of ketones is 1. The van der Waals surface area contributed by atoms with E-state index in [9.17, 15) is 4.79 Å². The standard InChI is InChI=1S/C15H23NO/c1-4-8-15(17)12-16(13(2)3)11-14-9-6-5-7-10-14/h5-7,9-10,13H,4,8,11-12H2,1-3H3. The Morgan fingerprint density at radius 3 is 2.41 bits per heavy atom. The summed E-state index contributed by atoms with van der Waals surface area (Å²) < 4.78 is 0. The van der Waals surface area contributed by atoms with E-state index in [2.05, 4.69) is 37.8 Å². The lowest BCUT2D eigenvalue weighted by Gasteiger charge is -2.25. The number of carbonyl (C=O) groups is 1. The van der Waals surface area contributed by atoms with Gasteiger partial charge in [0.05, 0.1) is 6.54 Å². The first-order valence-electron chi connectivity index (χ1n) is 6.43. The first-order chi connectivity index (χ1) is 8.13. The van der Waals surface area contributed by atoms with Crippen LogP contribution < -0.4 is 0 Å². The molecule has 0 aliphatic heterocycles. The van der Waals surface area contributed by atoms with Gasteiger partial charge in [0.15, 0.2) is 0 Å². The zero-order valence-corrected chi connectivity index (χ0v) is 11.1. The highest BCUT2D eigenvalue weighted by Crippen LogP contribution is 2.08. The maximum absolute atomic E-state index is 11.7. The molecule has 0 spiro atoms. The Morgan fingerprint density at radius 1 is 1.24 bits per heavy atom. The zero-order chi connectivity index (χ0) is 12.7. The quantitative estimate of drug-likeness (QED) is 0.720. The summed E-state index contributed by atoms with van der Waals surface area (Å²) in [6, 6.07) is 10.7. The Labute approximate surface area is 105 Å². The van der Waals surface area contributed by atoms with E-state index in [-0.39, 0.29) is 0 Å². The monoisotopic (exact) mass is 233 g/mol. The van der Waals surface area contributed by atoms with E-state index in [1.165, 1.54) is 5.56 Å². The molecule has 0 fully saturated rings. The zero-order valence-electron chi connectivity index (χ0n) is 11.1. The second kappa shape index (κ2) is 7.23. The summed E-state index contributed by atoms with van der Waals surface area (Å²) in [5.74, 6) is 0.345. The molecule has 0 saturated heterocycles. The Bertz CT molecular complexity index is 332. The van der Waals surface area contributed by atoms with Gasteiger partial charge in [-0.15, -0.1) is 0 Å². The van der Waals surface area contributed by atoms with E-state index >= 15 is 0 Å². The molecular weight excluding hydrogens is 210 g/mol. The van der Waals surface area contributed by atoms with Crippen molar-refractivity contribution in [2.45, 2.75) is 46.2 Å². The Hall–Kier alpha value is -1.15. The molecule has 0 bridgehead atoms. The van der Waals surface area contributed by atoms with Crippen LogP contribution in [0.1, 0.15) is 39.2 Å². The van der Waals surface area contributed by atoms with Gasteiger partial charge >= 0.3 is 0 Å². The van der Waals surface area contributed by atoms with Crippen molar-refractivity contribution < 1.29 is 4.79 Å². The molecule has 1 aromatic rings. The first-order valence-corrected chi connectivity index (χ1v) is 6.43. The fourth-order valence-corrected chi connectivity index (χ4v) is 1.82. The largest absolute Gasteiger partial charge is 0.298 e. The lowest BCUT2D eigenvalue weighted by molar-refractivity contribution is -0.120. The average molecular weight is 233 g/mol. The minimum atomic E-state index is 0.345. The number of hydrogen-bond acceptors (Lipinski definition) is 2. The lowest BCUT2D eigenvalue weighted by atomic mass is 10.1. The molecule has 17 heavy (non-hydrogen) atoms. The summed E-state index contributed by atoms with van der Waals surface area (Å²) in [7, 11) is 0. The first kappa shape index (κ1) is 13.9. The third-order valence-electron chi connectivity index (χ3n) is 2.87.